The smallest absolute Gasteiger partial charge is 0.261 e. The molecule has 0 bridgehead atoms. The van der Waals surface area contributed by atoms with Gasteiger partial charge in [0, 0.05) is 17.8 Å². The van der Waals surface area contributed by atoms with E-state index in [-0.39, 0.29) is 11.3 Å². The van der Waals surface area contributed by atoms with Gasteiger partial charge in [0.1, 0.15) is 0 Å². The molecule has 0 aliphatic rings. The predicted molar refractivity (Wildman–Crippen MR) is 82.8 cm³/mol. The molecule has 102 valence electrons. The van der Waals surface area contributed by atoms with Crippen molar-refractivity contribution in [2.75, 3.05) is 12.4 Å². The van der Waals surface area contributed by atoms with Crippen LogP contribution in [0.25, 0.3) is 0 Å². The topological polar surface area (TPSA) is 29.1 Å². The number of alkyl halides is 1. The summed E-state index contributed by atoms with van der Waals surface area (Å²) in [6, 6.07) is 1.91. The molecule has 0 atom stereocenters. The summed E-state index contributed by atoms with van der Waals surface area (Å²) in [7, 11) is 0. The van der Waals surface area contributed by atoms with Gasteiger partial charge >= 0.3 is 0 Å². The van der Waals surface area contributed by atoms with E-state index in [1.807, 2.05) is 13.0 Å². The maximum atomic E-state index is 12.0. The summed E-state index contributed by atoms with van der Waals surface area (Å²) >= 11 is 10.9. The molecule has 1 heterocycles. The molecule has 5 heteroatoms. The number of carbonyl (C=O) groups is 1. The predicted octanol–water partition coefficient (Wildman–Crippen LogP) is 4.59. The maximum Gasteiger partial charge on any atom is 0.261 e. The average molecular weight is 353 g/mol. The van der Waals surface area contributed by atoms with Crippen molar-refractivity contribution in [3.05, 3.63) is 20.3 Å². The summed E-state index contributed by atoms with van der Waals surface area (Å²) < 4.78 is 1.02. The van der Waals surface area contributed by atoms with Crippen molar-refractivity contribution in [1.82, 2.24) is 5.32 Å². The molecule has 2 nitrogen and oxygen atoms in total. The summed E-state index contributed by atoms with van der Waals surface area (Å²) in [6.45, 7) is 6.85. The highest BCUT2D eigenvalue weighted by Crippen LogP contribution is 2.29. The third kappa shape index (κ3) is 3.72. The number of hydrogen-bond acceptors (Lipinski definition) is 2. The molecule has 0 fully saturated rings. The van der Waals surface area contributed by atoms with Crippen LogP contribution in [0.1, 0.15) is 41.9 Å². The zero-order valence-corrected chi connectivity index (χ0v) is 14.1. The van der Waals surface area contributed by atoms with Crippen LogP contribution in [0.15, 0.2) is 9.85 Å². The van der Waals surface area contributed by atoms with Gasteiger partial charge in [-0.15, -0.1) is 22.9 Å². The zero-order chi connectivity index (χ0) is 13.8. The van der Waals surface area contributed by atoms with Gasteiger partial charge in [0.05, 0.1) is 8.66 Å². The van der Waals surface area contributed by atoms with E-state index in [1.165, 1.54) is 11.3 Å². The molecule has 0 aromatic carbocycles. The Bertz CT molecular complexity index is 387. The molecular weight excluding hydrogens is 334 g/mol. The molecule has 1 aromatic rings. The first-order valence-electron chi connectivity index (χ1n) is 6.08. The monoisotopic (exact) mass is 351 g/mol. The first kappa shape index (κ1) is 16.0. The highest BCUT2D eigenvalue weighted by molar-refractivity contribution is 9.11. The first-order chi connectivity index (χ1) is 8.48. The Morgan fingerprint density at radius 1 is 1.50 bits per heavy atom. The van der Waals surface area contributed by atoms with Crippen LogP contribution in [0.3, 0.4) is 0 Å². The van der Waals surface area contributed by atoms with Crippen LogP contribution in [0.4, 0.5) is 0 Å². The van der Waals surface area contributed by atoms with Crippen LogP contribution < -0.4 is 5.32 Å². The molecule has 0 saturated heterocycles. The summed E-state index contributed by atoms with van der Waals surface area (Å²) in [6.07, 6.45) is 1.95. The lowest BCUT2D eigenvalue weighted by Crippen LogP contribution is -2.38. The molecule has 0 aliphatic carbocycles. The van der Waals surface area contributed by atoms with E-state index in [2.05, 4.69) is 35.1 Å². The summed E-state index contributed by atoms with van der Waals surface area (Å²) in [5.74, 6) is 0.568. The number of amides is 1. The lowest BCUT2D eigenvalue weighted by Gasteiger charge is -2.29. The number of thiophene rings is 1. The first-order valence-corrected chi connectivity index (χ1v) is 8.22. The van der Waals surface area contributed by atoms with Gasteiger partial charge in [0.15, 0.2) is 0 Å². The van der Waals surface area contributed by atoms with E-state index in [0.29, 0.717) is 12.4 Å². The van der Waals surface area contributed by atoms with E-state index < -0.39 is 0 Å². The second-order valence-corrected chi connectivity index (χ2v) is 7.23. The SMILES string of the molecule is CCC(CC)(CCl)CNC(=O)c1cc(C)c(Br)s1. The van der Waals surface area contributed by atoms with Gasteiger partial charge in [-0.3, -0.25) is 4.79 Å². The van der Waals surface area contributed by atoms with Crippen LogP contribution in [0.5, 0.6) is 0 Å². The Balaban J connectivity index is 2.65. The van der Waals surface area contributed by atoms with Crippen LogP contribution in [-0.2, 0) is 0 Å². The highest BCUT2D eigenvalue weighted by atomic mass is 79.9. The normalized spacial score (nSPS) is 11.6. The van der Waals surface area contributed by atoms with Crippen LogP contribution in [0, 0.1) is 12.3 Å². The van der Waals surface area contributed by atoms with Crippen LogP contribution in [0.2, 0.25) is 0 Å². The molecule has 1 rings (SSSR count). The van der Waals surface area contributed by atoms with Crippen molar-refractivity contribution in [2.24, 2.45) is 5.41 Å². The number of aryl methyl sites for hydroxylation is 1. The lowest BCUT2D eigenvalue weighted by molar-refractivity contribution is 0.0936. The quantitative estimate of drug-likeness (QED) is 0.745. The van der Waals surface area contributed by atoms with Crippen molar-refractivity contribution in [3.63, 3.8) is 0 Å². The Morgan fingerprint density at radius 2 is 2.11 bits per heavy atom. The van der Waals surface area contributed by atoms with Crippen molar-refractivity contribution < 1.29 is 4.79 Å². The molecule has 1 amide bonds. The second kappa shape index (κ2) is 6.92. The third-order valence-corrected chi connectivity index (χ3v) is 6.19. The van der Waals surface area contributed by atoms with E-state index in [4.69, 9.17) is 11.6 Å². The average Bonchev–Trinajstić information content (AvgIpc) is 2.72. The molecule has 18 heavy (non-hydrogen) atoms. The lowest BCUT2D eigenvalue weighted by atomic mass is 9.84. The minimum atomic E-state index is -0.00908. The number of halogens is 2. The molecule has 0 unspecified atom stereocenters. The maximum absolute atomic E-state index is 12.0. The van der Waals surface area contributed by atoms with E-state index in [0.717, 1.165) is 27.1 Å². The van der Waals surface area contributed by atoms with Gasteiger partial charge in [-0.25, -0.2) is 0 Å². The minimum Gasteiger partial charge on any atom is -0.351 e. The zero-order valence-electron chi connectivity index (χ0n) is 11.0. The highest BCUT2D eigenvalue weighted by Gasteiger charge is 2.26. The molecule has 0 aliphatic heterocycles. The summed E-state index contributed by atoms with van der Waals surface area (Å²) in [4.78, 5) is 12.8. The van der Waals surface area contributed by atoms with Crippen LogP contribution in [-0.4, -0.2) is 18.3 Å². The van der Waals surface area contributed by atoms with E-state index >= 15 is 0 Å². The molecule has 1 aromatic heterocycles. The Morgan fingerprint density at radius 3 is 2.50 bits per heavy atom. The summed E-state index contributed by atoms with van der Waals surface area (Å²) in [5.41, 5.74) is 1.11. The van der Waals surface area contributed by atoms with Crippen LogP contribution >= 0.6 is 38.9 Å². The fraction of sp³-hybridized carbons (Fsp3) is 0.615. The Hall–Kier alpha value is -0.0600. The van der Waals surface area contributed by atoms with Gasteiger partial charge in [0.2, 0.25) is 0 Å². The van der Waals surface area contributed by atoms with Crippen molar-refractivity contribution in [1.29, 1.82) is 0 Å². The Kier molecular flexibility index (Phi) is 6.15. The van der Waals surface area contributed by atoms with Gasteiger partial charge in [-0.2, -0.15) is 0 Å². The third-order valence-electron chi connectivity index (χ3n) is 3.49. The number of carbonyl (C=O) groups excluding carboxylic acids is 1. The Labute approximate surface area is 126 Å². The molecule has 0 spiro atoms. The van der Waals surface area contributed by atoms with Gasteiger partial charge < -0.3 is 5.32 Å². The number of hydrogen-bond donors (Lipinski definition) is 1. The largest absolute Gasteiger partial charge is 0.351 e. The summed E-state index contributed by atoms with van der Waals surface area (Å²) in [5, 5.41) is 3.00. The van der Waals surface area contributed by atoms with Gasteiger partial charge in [-0.1, -0.05) is 13.8 Å². The molecular formula is C13H19BrClNOS. The minimum absolute atomic E-state index is 0.00908. The van der Waals surface area contributed by atoms with Crippen molar-refractivity contribution in [3.8, 4) is 0 Å². The van der Waals surface area contributed by atoms with Crippen molar-refractivity contribution in [2.45, 2.75) is 33.6 Å². The standard InChI is InChI=1S/C13H19BrClNOS/c1-4-13(5-2,7-15)8-16-12(17)10-6-9(3)11(14)18-10/h6H,4-5,7-8H2,1-3H3,(H,16,17). The number of nitrogens with one attached hydrogen (secondary N) is 1. The van der Waals surface area contributed by atoms with E-state index in [9.17, 15) is 4.79 Å². The fourth-order valence-corrected chi connectivity index (χ4v) is 3.59. The molecule has 1 N–H and O–H groups in total. The van der Waals surface area contributed by atoms with Crippen molar-refractivity contribution >= 4 is 44.8 Å². The second-order valence-electron chi connectivity index (χ2n) is 4.59. The fourth-order valence-electron chi connectivity index (χ4n) is 1.66. The number of rotatable bonds is 6. The van der Waals surface area contributed by atoms with E-state index in [1.54, 1.807) is 0 Å². The molecule has 0 saturated carbocycles. The van der Waals surface area contributed by atoms with Gasteiger partial charge in [-0.05, 0) is 47.3 Å². The van der Waals surface area contributed by atoms with Gasteiger partial charge in [0.25, 0.3) is 5.91 Å². The molecule has 0 radical (unpaired) electrons.